The van der Waals surface area contributed by atoms with Crippen molar-refractivity contribution in [2.75, 3.05) is 13.4 Å². The van der Waals surface area contributed by atoms with Crippen LogP contribution in [0.2, 0.25) is 0 Å². The SMILES string of the molecule is COc1cc(C)c(SC)cc1-c1cc(C(=O)O)no1. The Bertz CT molecular complexity index is 621. The molecular weight excluding hydrogens is 266 g/mol. The van der Waals surface area contributed by atoms with Crippen LogP contribution in [-0.2, 0) is 0 Å². The number of aromatic nitrogens is 1. The van der Waals surface area contributed by atoms with Gasteiger partial charge in [-0.05, 0) is 30.9 Å². The van der Waals surface area contributed by atoms with Crippen molar-refractivity contribution >= 4 is 17.7 Å². The molecule has 0 aliphatic rings. The van der Waals surface area contributed by atoms with Gasteiger partial charge in [0.1, 0.15) is 5.75 Å². The highest BCUT2D eigenvalue weighted by Gasteiger charge is 2.17. The van der Waals surface area contributed by atoms with E-state index in [0.717, 1.165) is 10.5 Å². The fraction of sp³-hybridized carbons (Fsp3) is 0.231. The van der Waals surface area contributed by atoms with Crippen molar-refractivity contribution in [3.05, 3.63) is 29.5 Å². The molecular formula is C13H13NO4S. The molecule has 2 aromatic rings. The van der Waals surface area contributed by atoms with Gasteiger partial charge >= 0.3 is 5.97 Å². The molecule has 1 aromatic carbocycles. The zero-order valence-corrected chi connectivity index (χ0v) is 11.6. The molecule has 5 nitrogen and oxygen atoms in total. The first-order chi connectivity index (χ1) is 9.06. The molecule has 0 unspecified atom stereocenters. The Kier molecular flexibility index (Phi) is 3.80. The minimum absolute atomic E-state index is 0.122. The third-order valence-corrected chi connectivity index (χ3v) is 3.59. The zero-order valence-electron chi connectivity index (χ0n) is 10.8. The third kappa shape index (κ3) is 2.58. The van der Waals surface area contributed by atoms with Gasteiger partial charge in [-0.25, -0.2) is 4.79 Å². The molecule has 6 heteroatoms. The lowest BCUT2D eigenvalue weighted by Gasteiger charge is -2.10. The van der Waals surface area contributed by atoms with Crippen molar-refractivity contribution in [2.45, 2.75) is 11.8 Å². The van der Waals surface area contributed by atoms with Gasteiger partial charge in [-0.3, -0.25) is 0 Å². The quantitative estimate of drug-likeness (QED) is 0.867. The van der Waals surface area contributed by atoms with Crippen LogP contribution in [0.4, 0.5) is 0 Å². The molecule has 1 N–H and O–H groups in total. The maximum Gasteiger partial charge on any atom is 0.358 e. The Labute approximate surface area is 114 Å². The van der Waals surface area contributed by atoms with E-state index in [-0.39, 0.29) is 5.69 Å². The van der Waals surface area contributed by atoms with Crippen molar-refractivity contribution in [2.24, 2.45) is 0 Å². The number of ether oxygens (including phenoxy) is 1. The van der Waals surface area contributed by atoms with Crippen LogP contribution in [0.25, 0.3) is 11.3 Å². The lowest BCUT2D eigenvalue weighted by Crippen LogP contribution is -1.94. The van der Waals surface area contributed by atoms with Gasteiger partial charge in [-0.2, -0.15) is 0 Å². The van der Waals surface area contributed by atoms with E-state index in [4.69, 9.17) is 14.4 Å². The highest BCUT2D eigenvalue weighted by molar-refractivity contribution is 7.98. The average molecular weight is 279 g/mol. The van der Waals surface area contributed by atoms with E-state index < -0.39 is 5.97 Å². The highest BCUT2D eigenvalue weighted by atomic mass is 32.2. The third-order valence-electron chi connectivity index (χ3n) is 2.71. The van der Waals surface area contributed by atoms with Crippen LogP contribution < -0.4 is 4.74 Å². The van der Waals surface area contributed by atoms with Gasteiger partial charge in [0.25, 0.3) is 0 Å². The summed E-state index contributed by atoms with van der Waals surface area (Å²) in [5.74, 6) is -0.112. The van der Waals surface area contributed by atoms with E-state index in [1.165, 1.54) is 6.07 Å². The maximum atomic E-state index is 10.8. The van der Waals surface area contributed by atoms with Gasteiger partial charge < -0.3 is 14.4 Å². The molecule has 0 bridgehead atoms. The summed E-state index contributed by atoms with van der Waals surface area (Å²) in [6.45, 7) is 1.99. The molecule has 0 fully saturated rings. The fourth-order valence-electron chi connectivity index (χ4n) is 1.75. The smallest absolute Gasteiger partial charge is 0.358 e. The first-order valence-electron chi connectivity index (χ1n) is 5.49. The molecule has 0 radical (unpaired) electrons. The molecule has 1 aromatic heterocycles. The summed E-state index contributed by atoms with van der Waals surface area (Å²) in [4.78, 5) is 11.9. The van der Waals surface area contributed by atoms with Gasteiger partial charge in [0.2, 0.25) is 0 Å². The predicted octanol–water partition coefficient (Wildman–Crippen LogP) is 3.08. The topological polar surface area (TPSA) is 72.6 Å². The summed E-state index contributed by atoms with van der Waals surface area (Å²) in [7, 11) is 1.56. The summed E-state index contributed by atoms with van der Waals surface area (Å²) in [5, 5.41) is 12.4. The number of carboxylic acid groups (broad SMARTS) is 1. The number of hydrogen-bond acceptors (Lipinski definition) is 5. The van der Waals surface area contributed by atoms with Crippen molar-refractivity contribution < 1.29 is 19.2 Å². The maximum absolute atomic E-state index is 10.8. The highest BCUT2D eigenvalue weighted by Crippen LogP contribution is 2.36. The number of hydrogen-bond donors (Lipinski definition) is 1. The largest absolute Gasteiger partial charge is 0.496 e. The van der Waals surface area contributed by atoms with Gasteiger partial charge in [-0.15, -0.1) is 11.8 Å². The van der Waals surface area contributed by atoms with Gasteiger partial charge in [0.15, 0.2) is 11.5 Å². The van der Waals surface area contributed by atoms with Crippen molar-refractivity contribution in [1.82, 2.24) is 5.16 Å². The van der Waals surface area contributed by atoms with Crippen LogP contribution in [-0.4, -0.2) is 29.6 Å². The van der Waals surface area contributed by atoms with E-state index in [2.05, 4.69) is 5.16 Å². The predicted molar refractivity (Wildman–Crippen MR) is 72.0 cm³/mol. The fourth-order valence-corrected chi connectivity index (χ4v) is 2.36. The van der Waals surface area contributed by atoms with Crippen LogP contribution in [0, 0.1) is 6.92 Å². The molecule has 19 heavy (non-hydrogen) atoms. The van der Waals surface area contributed by atoms with Crippen LogP contribution in [0.5, 0.6) is 5.75 Å². The van der Waals surface area contributed by atoms with E-state index in [9.17, 15) is 4.79 Å². The van der Waals surface area contributed by atoms with Crippen LogP contribution in [0.3, 0.4) is 0 Å². The van der Waals surface area contributed by atoms with Crippen LogP contribution in [0.15, 0.2) is 27.6 Å². The van der Waals surface area contributed by atoms with Crippen molar-refractivity contribution in [3.63, 3.8) is 0 Å². The molecule has 0 saturated heterocycles. The second kappa shape index (κ2) is 5.36. The Morgan fingerprint density at radius 3 is 2.68 bits per heavy atom. The molecule has 1 heterocycles. The summed E-state index contributed by atoms with van der Waals surface area (Å²) >= 11 is 1.60. The second-order valence-electron chi connectivity index (χ2n) is 3.90. The lowest BCUT2D eigenvalue weighted by atomic mass is 10.1. The summed E-state index contributed by atoms with van der Waals surface area (Å²) in [6.07, 6.45) is 1.97. The Hall–Kier alpha value is -1.95. The number of rotatable bonds is 4. The van der Waals surface area contributed by atoms with Crippen LogP contribution in [0.1, 0.15) is 16.1 Å². The van der Waals surface area contributed by atoms with Crippen molar-refractivity contribution in [1.29, 1.82) is 0 Å². The molecule has 0 atom stereocenters. The van der Waals surface area contributed by atoms with E-state index in [0.29, 0.717) is 17.1 Å². The number of carboxylic acids is 1. The van der Waals surface area contributed by atoms with Gasteiger partial charge in [-0.1, -0.05) is 5.16 Å². The van der Waals surface area contributed by atoms with Gasteiger partial charge in [0, 0.05) is 11.0 Å². The van der Waals surface area contributed by atoms with Crippen LogP contribution >= 0.6 is 11.8 Å². The first-order valence-corrected chi connectivity index (χ1v) is 6.72. The zero-order chi connectivity index (χ0) is 14.0. The normalized spacial score (nSPS) is 10.5. The molecule has 0 aliphatic heterocycles. The Balaban J connectivity index is 2.55. The monoisotopic (exact) mass is 279 g/mol. The summed E-state index contributed by atoms with van der Waals surface area (Å²) in [6, 6.07) is 5.19. The second-order valence-corrected chi connectivity index (χ2v) is 4.75. The number of nitrogens with zero attached hydrogens (tertiary/aromatic N) is 1. The minimum atomic E-state index is -1.12. The minimum Gasteiger partial charge on any atom is -0.496 e. The Morgan fingerprint density at radius 1 is 1.42 bits per heavy atom. The number of benzene rings is 1. The molecule has 0 aliphatic carbocycles. The molecule has 100 valence electrons. The van der Waals surface area contributed by atoms with E-state index >= 15 is 0 Å². The number of aromatic carboxylic acids is 1. The molecule has 0 amide bonds. The number of aryl methyl sites for hydroxylation is 1. The van der Waals surface area contributed by atoms with Gasteiger partial charge in [0.05, 0.1) is 12.7 Å². The summed E-state index contributed by atoms with van der Waals surface area (Å²) in [5.41, 5.74) is 1.66. The number of methoxy groups -OCH3 is 1. The molecule has 0 spiro atoms. The first kappa shape index (κ1) is 13.5. The van der Waals surface area contributed by atoms with Crippen molar-refractivity contribution in [3.8, 4) is 17.1 Å². The summed E-state index contributed by atoms with van der Waals surface area (Å²) < 4.78 is 10.4. The Morgan fingerprint density at radius 2 is 2.16 bits per heavy atom. The average Bonchev–Trinajstić information content (AvgIpc) is 2.88. The molecule has 0 saturated carbocycles. The standard InChI is InChI=1S/C13H13NO4S/c1-7-4-10(17-2)8(5-12(7)19-3)11-6-9(13(15)16)14-18-11/h4-6H,1-3H3,(H,15,16). The molecule has 2 rings (SSSR count). The van der Waals surface area contributed by atoms with E-state index in [1.807, 2.05) is 25.3 Å². The lowest BCUT2D eigenvalue weighted by molar-refractivity contribution is 0.0686. The number of thioether (sulfide) groups is 1. The number of carbonyl (C=O) groups is 1. The van der Waals surface area contributed by atoms with E-state index in [1.54, 1.807) is 18.9 Å².